The summed E-state index contributed by atoms with van der Waals surface area (Å²) >= 11 is 0. The standard InChI is InChI=1S/C25H27N3/c1-7-12-13-20(11-5)21-14-16-22(17-15-21)25-27-23(18(6)8-2)26-24(28-25)19(9-3)10-4/h7-17H,1,3H2,2,4-6H3/b13-12-,18-8+,19-10+,20-11+. The minimum absolute atomic E-state index is 0.630. The van der Waals surface area contributed by atoms with Crippen LogP contribution >= 0.6 is 0 Å². The maximum absolute atomic E-state index is 4.68. The summed E-state index contributed by atoms with van der Waals surface area (Å²) in [5.41, 5.74) is 5.10. The first-order chi connectivity index (χ1) is 13.6. The van der Waals surface area contributed by atoms with Crippen molar-refractivity contribution in [2.45, 2.75) is 27.7 Å². The second kappa shape index (κ2) is 10.1. The number of rotatable bonds is 7. The smallest absolute Gasteiger partial charge is 0.164 e. The van der Waals surface area contributed by atoms with Gasteiger partial charge in [-0.05, 0) is 44.4 Å². The van der Waals surface area contributed by atoms with Gasteiger partial charge in [0.1, 0.15) is 0 Å². The van der Waals surface area contributed by atoms with Gasteiger partial charge in [0.25, 0.3) is 0 Å². The number of aromatic nitrogens is 3. The predicted octanol–water partition coefficient (Wildman–Crippen LogP) is 6.70. The zero-order valence-electron chi connectivity index (χ0n) is 17.1. The average Bonchev–Trinajstić information content (AvgIpc) is 2.74. The van der Waals surface area contributed by atoms with Crippen LogP contribution in [0.4, 0.5) is 0 Å². The van der Waals surface area contributed by atoms with Crippen molar-refractivity contribution < 1.29 is 0 Å². The first-order valence-electron chi connectivity index (χ1n) is 9.32. The Morgan fingerprint density at radius 1 is 0.821 bits per heavy atom. The molecule has 2 aromatic rings. The van der Waals surface area contributed by atoms with Crippen molar-refractivity contribution in [1.29, 1.82) is 0 Å². The molecule has 0 radical (unpaired) electrons. The molecule has 1 aromatic carbocycles. The Morgan fingerprint density at radius 3 is 2.00 bits per heavy atom. The molecule has 3 nitrogen and oxygen atoms in total. The van der Waals surface area contributed by atoms with E-state index in [0.717, 1.165) is 27.8 Å². The number of hydrogen-bond acceptors (Lipinski definition) is 3. The summed E-state index contributed by atoms with van der Waals surface area (Å²) < 4.78 is 0. The molecule has 0 fully saturated rings. The van der Waals surface area contributed by atoms with E-state index in [1.807, 2.05) is 64.1 Å². The first-order valence-corrected chi connectivity index (χ1v) is 9.32. The van der Waals surface area contributed by atoms with Gasteiger partial charge in [-0.1, -0.05) is 80.0 Å². The van der Waals surface area contributed by atoms with Gasteiger partial charge in [-0.25, -0.2) is 15.0 Å². The van der Waals surface area contributed by atoms with Crippen LogP contribution in [0, 0.1) is 0 Å². The van der Waals surface area contributed by atoms with Crippen molar-refractivity contribution in [3.05, 3.63) is 97.2 Å². The Hall–Kier alpha value is -3.33. The summed E-state index contributed by atoms with van der Waals surface area (Å²) in [5.74, 6) is 1.96. The Bertz CT molecular complexity index is 971. The van der Waals surface area contributed by atoms with Crippen LogP contribution in [0.15, 0.2) is 80.0 Å². The molecule has 142 valence electrons. The van der Waals surface area contributed by atoms with Crippen molar-refractivity contribution >= 4 is 16.7 Å². The molecule has 0 spiro atoms. The minimum Gasteiger partial charge on any atom is -0.209 e. The monoisotopic (exact) mass is 369 g/mol. The molecule has 0 aliphatic rings. The summed E-state index contributed by atoms with van der Waals surface area (Å²) in [4.78, 5) is 14.0. The Morgan fingerprint density at radius 2 is 1.46 bits per heavy atom. The van der Waals surface area contributed by atoms with Crippen molar-refractivity contribution in [1.82, 2.24) is 15.0 Å². The van der Waals surface area contributed by atoms with E-state index in [2.05, 4.69) is 46.3 Å². The summed E-state index contributed by atoms with van der Waals surface area (Å²) in [6, 6.07) is 8.23. The van der Waals surface area contributed by atoms with Crippen LogP contribution in [0.1, 0.15) is 44.9 Å². The highest BCUT2D eigenvalue weighted by Gasteiger charge is 2.11. The number of hydrogen-bond donors (Lipinski definition) is 0. The van der Waals surface area contributed by atoms with Crippen LogP contribution < -0.4 is 0 Å². The van der Waals surface area contributed by atoms with E-state index >= 15 is 0 Å². The molecule has 3 heteroatoms. The third-order valence-corrected chi connectivity index (χ3v) is 4.41. The van der Waals surface area contributed by atoms with Gasteiger partial charge in [0.2, 0.25) is 0 Å². The van der Waals surface area contributed by atoms with Gasteiger partial charge in [-0.3, -0.25) is 0 Å². The Labute approximate surface area is 168 Å². The lowest BCUT2D eigenvalue weighted by atomic mass is 10.0. The predicted molar refractivity (Wildman–Crippen MR) is 121 cm³/mol. The largest absolute Gasteiger partial charge is 0.209 e. The highest BCUT2D eigenvalue weighted by Crippen LogP contribution is 2.24. The van der Waals surface area contributed by atoms with E-state index in [0.29, 0.717) is 17.5 Å². The molecule has 0 aliphatic heterocycles. The van der Waals surface area contributed by atoms with E-state index in [4.69, 9.17) is 0 Å². The van der Waals surface area contributed by atoms with E-state index in [1.54, 1.807) is 12.2 Å². The third-order valence-electron chi connectivity index (χ3n) is 4.41. The zero-order valence-corrected chi connectivity index (χ0v) is 17.1. The van der Waals surface area contributed by atoms with Gasteiger partial charge >= 0.3 is 0 Å². The SMILES string of the molecule is C=C/C=C\C(=C/C)c1ccc(-c2nc(/C(C)=C/C)nc(/C(C=C)=C/C)n2)cc1. The molecular weight excluding hydrogens is 342 g/mol. The minimum atomic E-state index is 0.630. The van der Waals surface area contributed by atoms with Gasteiger partial charge in [-0.2, -0.15) is 0 Å². The maximum atomic E-state index is 4.68. The van der Waals surface area contributed by atoms with Crippen LogP contribution in [0.5, 0.6) is 0 Å². The van der Waals surface area contributed by atoms with Crippen molar-refractivity contribution in [3.63, 3.8) is 0 Å². The number of nitrogens with zero attached hydrogens (tertiary/aromatic N) is 3. The van der Waals surface area contributed by atoms with Gasteiger partial charge in [0, 0.05) is 11.1 Å². The molecule has 28 heavy (non-hydrogen) atoms. The van der Waals surface area contributed by atoms with Gasteiger partial charge in [0.05, 0.1) is 0 Å². The van der Waals surface area contributed by atoms with E-state index < -0.39 is 0 Å². The molecule has 0 saturated heterocycles. The third kappa shape index (κ3) is 4.89. The average molecular weight is 370 g/mol. The fourth-order valence-corrected chi connectivity index (χ4v) is 2.62. The zero-order chi connectivity index (χ0) is 20.5. The van der Waals surface area contributed by atoms with Gasteiger partial charge in [0.15, 0.2) is 17.5 Å². The second-order valence-electron chi connectivity index (χ2n) is 6.14. The fraction of sp³-hybridized carbons (Fsp3) is 0.160. The van der Waals surface area contributed by atoms with Crippen molar-refractivity contribution in [2.24, 2.45) is 0 Å². The highest BCUT2D eigenvalue weighted by atomic mass is 15.0. The van der Waals surface area contributed by atoms with Crippen LogP contribution in [0.3, 0.4) is 0 Å². The van der Waals surface area contributed by atoms with Gasteiger partial charge in [-0.15, -0.1) is 0 Å². The molecule has 0 aliphatic carbocycles. The van der Waals surface area contributed by atoms with Gasteiger partial charge < -0.3 is 0 Å². The molecule has 1 heterocycles. The van der Waals surface area contributed by atoms with Crippen LogP contribution in [0.25, 0.3) is 28.1 Å². The van der Waals surface area contributed by atoms with Crippen LogP contribution in [-0.2, 0) is 0 Å². The summed E-state index contributed by atoms with van der Waals surface area (Å²) in [5, 5.41) is 0. The Kier molecular flexibility index (Phi) is 7.58. The Balaban J connectivity index is 2.54. The first kappa shape index (κ1) is 21.0. The maximum Gasteiger partial charge on any atom is 0.164 e. The van der Waals surface area contributed by atoms with E-state index in [9.17, 15) is 0 Å². The van der Waals surface area contributed by atoms with E-state index in [1.165, 1.54) is 0 Å². The molecule has 0 unspecified atom stereocenters. The van der Waals surface area contributed by atoms with Crippen molar-refractivity contribution in [2.75, 3.05) is 0 Å². The molecule has 0 saturated carbocycles. The number of allylic oxidation sites excluding steroid dienone is 10. The van der Waals surface area contributed by atoms with Crippen molar-refractivity contribution in [3.8, 4) is 11.4 Å². The topological polar surface area (TPSA) is 38.7 Å². The van der Waals surface area contributed by atoms with Crippen LogP contribution in [-0.4, -0.2) is 15.0 Å². The quantitative estimate of drug-likeness (QED) is 0.510. The highest BCUT2D eigenvalue weighted by molar-refractivity contribution is 5.76. The molecule has 2 rings (SSSR count). The lowest BCUT2D eigenvalue weighted by molar-refractivity contribution is 0.998. The fourth-order valence-electron chi connectivity index (χ4n) is 2.62. The molecular formula is C25H27N3. The molecule has 1 aromatic heterocycles. The number of benzene rings is 1. The molecule has 0 N–H and O–H groups in total. The normalized spacial score (nSPS) is 13.1. The lowest BCUT2D eigenvalue weighted by Crippen LogP contribution is -2.03. The summed E-state index contributed by atoms with van der Waals surface area (Å²) in [6.07, 6.45) is 13.5. The van der Waals surface area contributed by atoms with Crippen LogP contribution in [0.2, 0.25) is 0 Å². The van der Waals surface area contributed by atoms with E-state index in [-0.39, 0.29) is 0 Å². The summed E-state index contributed by atoms with van der Waals surface area (Å²) in [6.45, 7) is 15.5. The lowest BCUT2D eigenvalue weighted by Gasteiger charge is -2.09. The molecule has 0 bridgehead atoms. The molecule has 0 amide bonds. The summed E-state index contributed by atoms with van der Waals surface area (Å²) in [7, 11) is 0. The molecule has 0 atom stereocenters. The second-order valence-corrected chi connectivity index (χ2v) is 6.14.